The first-order chi connectivity index (χ1) is 16.4. The predicted octanol–water partition coefficient (Wildman–Crippen LogP) is 4.86. The van der Waals surface area contributed by atoms with E-state index in [9.17, 15) is 12.8 Å². The summed E-state index contributed by atoms with van der Waals surface area (Å²) < 4.78 is 48.9. The molecule has 1 saturated heterocycles. The van der Waals surface area contributed by atoms with E-state index >= 15 is 0 Å². The van der Waals surface area contributed by atoms with Gasteiger partial charge in [0.15, 0.2) is 0 Å². The van der Waals surface area contributed by atoms with Crippen LogP contribution in [0, 0.1) is 5.82 Å². The topological polar surface area (TPSA) is 63.9 Å². The fourth-order valence-electron chi connectivity index (χ4n) is 4.67. The molecule has 0 bridgehead atoms. The summed E-state index contributed by atoms with van der Waals surface area (Å²) in [7, 11) is -1.95. The van der Waals surface area contributed by atoms with Gasteiger partial charge in [0.1, 0.15) is 17.4 Å². The number of halogens is 1. The summed E-state index contributed by atoms with van der Waals surface area (Å²) in [6.07, 6.45) is 3.56. The van der Waals surface area contributed by atoms with Gasteiger partial charge in [-0.3, -0.25) is 0 Å². The van der Waals surface area contributed by atoms with Gasteiger partial charge in [-0.2, -0.15) is 0 Å². The number of nitrogens with zero attached hydrogens (tertiary/aromatic N) is 3. The Kier molecular flexibility index (Phi) is 6.10. The number of rotatable bonds is 6. The minimum Gasteiger partial charge on any atom is -0.497 e. The lowest BCUT2D eigenvalue weighted by Gasteiger charge is -2.31. The van der Waals surface area contributed by atoms with Crippen LogP contribution in [-0.4, -0.2) is 42.3 Å². The first-order valence-corrected chi connectivity index (χ1v) is 12.9. The van der Waals surface area contributed by atoms with Gasteiger partial charge in [-0.15, -0.1) is 0 Å². The molecule has 1 aliphatic rings. The fraction of sp³-hybridized carbons (Fsp3) is 0.269. The van der Waals surface area contributed by atoms with Gasteiger partial charge in [0.2, 0.25) is 10.0 Å². The summed E-state index contributed by atoms with van der Waals surface area (Å²) in [5.41, 5.74) is 3.20. The second-order valence-corrected chi connectivity index (χ2v) is 10.6. The number of aromatic nitrogens is 2. The lowest BCUT2D eigenvalue weighted by atomic mass is 9.99. The third-order valence-electron chi connectivity index (χ3n) is 6.30. The van der Waals surface area contributed by atoms with E-state index in [0.717, 1.165) is 41.2 Å². The first-order valence-electron chi connectivity index (χ1n) is 11.3. The van der Waals surface area contributed by atoms with E-state index in [1.165, 1.54) is 22.5 Å². The van der Waals surface area contributed by atoms with Gasteiger partial charge >= 0.3 is 0 Å². The van der Waals surface area contributed by atoms with Crippen LogP contribution in [0.2, 0.25) is 0 Å². The number of sulfonamides is 1. The third-order valence-corrected chi connectivity index (χ3v) is 8.12. The van der Waals surface area contributed by atoms with Gasteiger partial charge in [-0.05, 0) is 54.8 Å². The molecule has 4 aromatic rings. The lowest BCUT2D eigenvalue weighted by Crippen LogP contribution is -2.40. The summed E-state index contributed by atoms with van der Waals surface area (Å²) >= 11 is 0. The molecule has 2 aromatic heterocycles. The van der Waals surface area contributed by atoms with Crippen molar-refractivity contribution in [2.45, 2.75) is 24.5 Å². The monoisotopic (exact) mass is 479 g/mol. The Morgan fingerprint density at radius 3 is 2.76 bits per heavy atom. The maximum atomic E-state index is 13.6. The number of hydrogen-bond acceptors (Lipinski definition) is 4. The summed E-state index contributed by atoms with van der Waals surface area (Å²) in [6, 6.07) is 19.5. The Bertz CT molecular complexity index is 1430. The van der Waals surface area contributed by atoms with Gasteiger partial charge in [0.05, 0.1) is 24.1 Å². The van der Waals surface area contributed by atoms with Gasteiger partial charge in [0.25, 0.3) is 0 Å². The van der Waals surface area contributed by atoms with Crippen LogP contribution in [0.1, 0.15) is 30.1 Å². The Balaban J connectivity index is 1.47. The number of imidazole rings is 1. The van der Waals surface area contributed by atoms with E-state index < -0.39 is 15.8 Å². The molecule has 0 spiro atoms. The molecule has 1 unspecified atom stereocenters. The maximum Gasteiger partial charge on any atom is 0.218 e. The molecular formula is C26H26FN3O3S. The highest BCUT2D eigenvalue weighted by molar-refractivity contribution is 7.88. The molecule has 0 amide bonds. The summed E-state index contributed by atoms with van der Waals surface area (Å²) in [4.78, 5) is 5.01. The smallest absolute Gasteiger partial charge is 0.218 e. The molecule has 3 heterocycles. The number of hydrogen-bond donors (Lipinski definition) is 0. The van der Waals surface area contributed by atoms with Crippen LogP contribution in [0.4, 0.5) is 4.39 Å². The van der Waals surface area contributed by atoms with E-state index in [1.807, 2.05) is 48.7 Å². The zero-order chi connectivity index (χ0) is 23.7. The van der Waals surface area contributed by atoms with E-state index in [2.05, 4.69) is 4.40 Å². The van der Waals surface area contributed by atoms with Crippen molar-refractivity contribution in [2.75, 3.05) is 20.2 Å². The SMILES string of the molecule is COc1cccc(-c2nc(C3CCCN(S(=O)(=O)Cc4cccc(F)c4)C3)n3ccccc23)c1. The molecule has 0 saturated carbocycles. The van der Waals surface area contributed by atoms with Crippen LogP contribution >= 0.6 is 0 Å². The molecule has 1 aliphatic heterocycles. The van der Waals surface area contributed by atoms with E-state index in [4.69, 9.17) is 9.72 Å². The summed E-state index contributed by atoms with van der Waals surface area (Å²) in [5.74, 6) is 0.903. The van der Waals surface area contributed by atoms with Crippen molar-refractivity contribution < 1.29 is 17.5 Å². The predicted molar refractivity (Wildman–Crippen MR) is 130 cm³/mol. The minimum absolute atomic E-state index is 0.0507. The van der Waals surface area contributed by atoms with Crippen molar-refractivity contribution in [3.63, 3.8) is 0 Å². The number of benzene rings is 2. The summed E-state index contributed by atoms with van der Waals surface area (Å²) in [5, 5.41) is 0. The van der Waals surface area contributed by atoms with Crippen LogP contribution in [0.25, 0.3) is 16.8 Å². The average Bonchev–Trinajstić information content (AvgIpc) is 3.24. The normalized spacial score (nSPS) is 17.2. The second-order valence-electron chi connectivity index (χ2n) is 8.59. The van der Waals surface area contributed by atoms with Gasteiger partial charge in [-0.25, -0.2) is 22.1 Å². The molecule has 1 fully saturated rings. The third kappa shape index (κ3) is 4.43. The number of piperidine rings is 1. The van der Waals surface area contributed by atoms with E-state index in [0.29, 0.717) is 18.7 Å². The highest BCUT2D eigenvalue weighted by atomic mass is 32.2. The summed E-state index contributed by atoms with van der Waals surface area (Å²) in [6.45, 7) is 0.809. The lowest BCUT2D eigenvalue weighted by molar-refractivity contribution is 0.308. The molecule has 0 N–H and O–H groups in total. The van der Waals surface area contributed by atoms with E-state index in [-0.39, 0.29) is 11.7 Å². The Hall–Kier alpha value is -3.23. The first kappa shape index (κ1) is 22.6. The van der Waals surface area contributed by atoms with Crippen molar-refractivity contribution in [1.82, 2.24) is 13.7 Å². The average molecular weight is 480 g/mol. The second kappa shape index (κ2) is 9.19. The van der Waals surface area contributed by atoms with Crippen molar-refractivity contribution >= 4 is 15.5 Å². The van der Waals surface area contributed by atoms with Crippen LogP contribution in [0.15, 0.2) is 72.9 Å². The molecule has 8 heteroatoms. The van der Waals surface area contributed by atoms with Crippen LogP contribution in [0.5, 0.6) is 5.75 Å². The minimum atomic E-state index is -3.59. The number of ether oxygens (including phenoxy) is 1. The molecule has 2 aromatic carbocycles. The van der Waals surface area contributed by atoms with Crippen molar-refractivity contribution in [2.24, 2.45) is 0 Å². The van der Waals surface area contributed by atoms with Crippen molar-refractivity contribution in [3.05, 3.63) is 90.1 Å². The van der Waals surface area contributed by atoms with E-state index in [1.54, 1.807) is 13.2 Å². The quantitative estimate of drug-likeness (QED) is 0.396. The molecule has 0 aliphatic carbocycles. The maximum absolute atomic E-state index is 13.6. The molecule has 0 radical (unpaired) electrons. The Labute approximate surface area is 198 Å². The van der Waals surface area contributed by atoms with Crippen molar-refractivity contribution in [1.29, 1.82) is 0 Å². The number of fused-ring (bicyclic) bond motifs is 1. The largest absolute Gasteiger partial charge is 0.497 e. The standard InChI is InChI=1S/C26H26FN3O3S/c1-33-23-11-5-8-20(16-23)25-24-12-2-3-14-30(24)26(28-25)21-9-6-13-29(17-21)34(31,32)18-19-7-4-10-22(27)15-19/h2-5,7-8,10-12,14-16,21H,6,9,13,17-18H2,1H3. The Morgan fingerprint density at radius 2 is 1.94 bits per heavy atom. The fourth-order valence-corrected chi connectivity index (χ4v) is 6.26. The molecule has 176 valence electrons. The van der Waals surface area contributed by atoms with Crippen LogP contribution in [0.3, 0.4) is 0 Å². The van der Waals surface area contributed by atoms with Crippen LogP contribution < -0.4 is 4.74 Å². The van der Waals surface area contributed by atoms with Crippen LogP contribution in [-0.2, 0) is 15.8 Å². The zero-order valence-corrected chi connectivity index (χ0v) is 19.7. The zero-order valence-electron chi connectivity index (χ0n) is 18.9. The van der Waals surface area contributed by atoms with Gasteiger partial charge in [0, 0.05) is 30.8 Å². The molecule has 1 atom stereocenters. The van der Waals surface area contributed by atoms with Gasteiger partial charge in [-0.1, -0.05) is 30.3 Å². The number of methoxy groups -OCH3 is 1. The number of pyridine rings is 1. The molecule has 34 heavy (non-hydrogen) atoms. The van der Waals surface area contributed by atoms with Crippen molar-refractivity contribution in [3.8, 4) is 17.0 Å². The highest BCUT2D eigenvalue weighted by Crippen LogP contribution is 2.34. The molecular weight excluding hydrogens is 453 g/mol. The van der Waals surface area contributed by atoms with Gasteiger partial charge < -0.3 is 9.14 Å². The highest BCUT2D eigenvalue weighted by Gasteiger charge is 2.32. The molecule has 6 nitrogen and oxygen atoms in total. The molecule has 5 rings (SSSR count). The Morgan fingerprint density at radius 1 is 1.09 bits per heavy atom.